The molecule has 0 radical (unpaired) electrons. The SMILES string of the molecule is CCCCCC1Cc2ccccc2C1NC. The summed E-state index contributed by atoms with van der Waals surface area (Å²) < 4.78 is 0. The first-order chi connectivity index (χ1) is 7.86. The molecule has 1 heteroatoms. The second-order valence-corrected chi connectivity index (χ2v) is 4.93. The first-order valence-electron chi connectivity index (χ1n) is 6.62. The lowest BCUT2D eigenvalue weighted by Gasteiger charge is -2.19. The third-order valence-electron chi connectivity index (χ3n) is 3.83. The van der Waals surface area contributed by atoms with Crippen molar-refractivity contribution in [2.75, 3.05) is 7.05 Å². The first-order valence-corrected chi connectivity index (χ1v) is 6.62. The molecule has 0 aromatic heterocycles. The molecule has 0 aliphatic heterocycles. The molecule has 0 fully saturated rings. The van der Waals surface area contributed by atoms with Crippen LogP contribution in [0.2, 0.25) is 0 Å². The lowest BCUT2D eigenvalue weighted by atomic mass is 9.94. The summed E-state index contributed by atoms with van der Waals surface area (Å²) in [5.41, 5.74) is 3.09. The van der Waals surface area contributed by atoms with Gasteiger partial charge >= 0.3 is 0 Å². The van der Waals surface area contributed by atoms with Gasteiger partial charge in [0.1, 0.15) is 0 Å². The molecule has 2 rings (SSSR count). The summed E-state index contributed by atoms with van der Waals surface area (Å²) in [5.74, 6) is 0.814. The van der Waals surface area contributed by atoms with E-state index in [2.05, 4.69) is 43.6 Å². The van der Waals surface area contributed by atoms with E-state index in [9.17, 15) is 0 Å². The predicted molar refractivity (Wildman–Crippen MR) is 69.6 cm³/mol. The van der Waals surface area contributed by atoms with E-state index in [1.54, 1.807) is 5.56 Å². The minimum atomic E-state index is 0.591. The molecule has 2 unspecified atom stereocenters. The average molecular weight is 217 g/mol. The van der Waals surface area contributed by atoms with Crippen LogP contribution in [0.3, 0.4) is 0 Å². The smallest absolute Gasteiger partial charge is 0.0352 e. The van der Waals surface area contributed by atoms with E-state index in [-0.39, 0.29) is 0 Å². The number of nitrogens with one attached hydrogen (secondary N) is 1. The molecule has 0 saturated carbocycles. The normalized spacial score (nSPS) is 23.4. The minimum absolute atomic E-state index is 0.591. The summed E-state index contributed by atoms with van der Waals surface area (Å²) in [4.78, 5) is 0. The number of fused-ring (bicyclic) bond motifs is 1. The predicted octanol–water partition coefficient (Wildman–Crippen LogP) is 3.70. The van der Waals surface area contributed by atoms with E-state index in [4.69, 9.17) is 0 Å². The number of rotatable bonds is 5. The van der Waals surface area contributed by atoms with Crippen LogP contribution < -0.4 is 5.32 Å². The summed E-state index contributed by atoms with van der Waals surface area (Å²) in [5, 5.41) is 3.50. The number of hydrogen-bond donors (Lipinski definition) is 1. The van der Waals surface area contributed by atoms with E-state index in [1.807, 2.05) is 0 Å². The van der Waals surface area contributed by atoms with Crippen LogP contribution in [0.5, 0.6) is 0 Å². The van der Waals surface area contributed by atoms with Gasteiger partial charge < -0.3 is 5.32 Å². The highest BCUT2D eigenvalue weighted by molar-refractivity contribution is 5.35. The quantitative estimate of drug-likeness (QED) is 0.742. The van der Waals surface area contributed by atoms with Crippen LogP contribution in [-0.4, -0.2) is 7.05 Å². The zero-order chi connectivity index (χ0) is 11.4. The van der Waals surface area contributed by atoms with Gasteiger partial charge in [0.15, 0.2) is 0 Å². The van der Waals surface area contributed by atoms with E-state index in [0.717, 1.165) is 5.92 Å². The van der Waals surface area contributed by atoms with Crippen molar-refractivity contribution in [3.8, 4) is 0 Å². The molecule has 88 valence electrons. The van der Waals surface area contributed by atoms with Crippen molar-refractivity contribution in [1.82, 2.24) is 5.32 Å². The molecule has 0 spiro atoms. The Morgan fingerprint density at radius 1 is 1.25 bits per heavy atom. The summed E-state index contributed by atoms with van der Waals surface area (Å²) in [6, 6.07) is 9.50. The fourth-order valence-electron chi connectivity index (χ4n) is 2.99. The van der Waals surface area contributed by atoms with Gasteiger partial charge in [0, 0.05) is 6.04 Å². The summed E-state index contributed by atoms with van der Waals surface area (Å²) >= 11 is 0. The average Bonchev–Trinajstić information content (AvgIpc) is 2.67. The first kappa shape index (κ1) is 11.7. The molecule has 1 aliphatic rings. The largest absolute Gasteiger partial charge is 0.313 e. The summed E-state index contributed by atoms with van der Waals surface area (Å²) in [7, 11) is 2.10. The number of hydrogen-bond acceptors (Lipinski definition) is 1. The van der Waals surface area contributed by atoms with Gasteiger partial charge in [-0.25, -0.2) is 0 Å². The molecule has 0 saturated heterocycles. The van der Waals surface area contributed by atoms with Gasteiger partial charge in [0.25, 0.3) is 0 Å². The van der Waals surface area contributed by atoms with Crippen molar-refractivity contribution in [3.63, 3.8) is 0 Å². The molecule has 16 heavy (non-hydrogen) atoms. The van der Waals surface area contributed by atoms with E-state index in [0.29, 0.717) is 6.04 Å². The van der Waals surface area contributed by atoms with Crippen molar-refractivity contribution in [3.05, 3.63) is 35.4 Å². The van der Waals surface area contributed by atoms with E-state index >= 15 is 0 Å². The molecule has 2 atom stereocenters. The molecule has 1 nitrogen and oxygen atoms in total. The Balaban J connectivity index is 2.03. The molecule has 0 bridgehead atoms. The highest BCUT2D eigenvalue weighted by atomic mass is 14.9. The zero-order valence-electron chi connectivity index (χ0n) is 10.5. The third-order valence-corrected chi connectivity index (χ3v) is 3.83. The van der Waals surface area contributed by atoms with E-state index < -0.39 is 0 Å². The standard InChI is InChI=1S/C15H23N/c1-3-4-5-9-13-11-12-8-6-7-10-14(12)15(13)16-2/h6-8,10,13,15-16H,3-5,9,11H2,1-2H3. The van der Waals surface area contributed by atoms with Crippen LogP contribution in [0, 0.1) is 5.92 Å². The van der Waals surface area contributed by atoms with Crippen LogP contribution >= 0.6 is 0 Å². The van der Waals surface area contributed by atoms with Crippen molar-refractivity contribution in [2.24, 2.45) is 5.92 Å². The Morgan fingerprint density at radius 3 is 2.81 bits per heavy atom. The number of benzene rings is 1. The van der Waals surface area contributed by atoms with Crippen LogP contribution in [0.25, 0.3) is 0 Å². The molecule has 0 amide bonds. The Kier molecular flexibility index (Phi) is 4.00. The van der Waals surface area contributed by atoms with Crippen molar-refractivity contribution >= 4 is 0 Å². The highest BCUT2D eigenvalue weighted by Crippen LogP contribution is 2.38. The lowest BCUT2D eigenvalue weighted by molar-refractivity contribution is 0.373. The van der Waals surface area contributed by atoms with E-state index in [1.165, 1.54) is 37.7 Å². The molecule has 1 aliphatic carbocycles. The van der Waals surface area contributed by atoms with Crippen LogP contribution in [0.15, 0.2) is 24.3 Å². The molecule has 1 N–H and O–H groups in total. The van der Waals surface area contributed by atoms with Crippen molar-refractivity contribution in [1.29, 1.82) is 0 Å². The maximum absolute atomic E-state index is 3.50. The molecule has 1 aromatic rings. The molecule has 0 heterocycles. The third kappa shape index (κ3) is 2.30. The van der Waals surface area contributed by atoms with Gasteiger partial charge in [-0.15, -0.1) is 0 Å². The van der Waals surface area contributed by atoms with Gasteiger partial charge in [0.2, 0.25) is 0 Å². The topological polar surface area (TPSA) is 12.0 Å². The van der Waals surface area contributed by atoms with Gasteiger partial charge in [-0.3, -0.25) is 0 Å². The van der Waals surface area contributed by atoms with Crippen LogP contribution in [0.4, 0.5) is 0 Å². The molecular weight excluding hydrogens is 194 g/mol. The Morgan fingerprint density at radius 2 is 2.06 bits per heavy atom. The van der Waals surface area contributed by atoms with Crippen molar-refractivity contribution < 1.29 is 0 Å². The Bertz CT molecular complexity index is 332. The van der Waals surface area contributed by atoms with Gasteiger partial charge in [0.05, 0.1) is 0 Å². The number of unbranched alkanes of at least 4 members (excludes halogenated alkanes) is 2. The lowest BCUT2D eigenvalue weighted by Crippen LogP contribution is -2.21. The van der Waals surface area contributed by atoms with Gasteiger partial charge in [-0.1, -0.05) is 50.5 Å². The van der Waals surface area contributed by atoms with Crippen LogP contribution in [-0.2, 0) is 6.42 Å². The zero-order valence-corrected chi connectivity index (χ0v) is 10.5. The second kappa shape index (κ2) is 5.49. The molecule has 1 aromatic carbocycles. The maximum Gasteiger partial charge on any atom is 0.0352 e. The monoisotopic (exact) mass is 217 g/mol. The Hall–Kier alpha value is -0.820. The van der Waals surface area contributed by atoms with Crippen LogP contribution in [0.1, 0.15) is 49.8 Å². The fourth-order valence-corrected chi connectivity index (χ4v) is 2.99. The second-order valence-electron chi connectivity index (χ2n) is 4.93. The maximum atomic E-state index is 3.50. The summed E-state index contributed by atoms with van der Waals surface area (Å²) in [6.07, 6.45) is 6.72. The molecular formula is C15H23N. The summed E-state index contributed by atoms with van der Waals surface area (Å²) in [6.45, 7) is 2.28. The minimum Gasteiger partial charge on any atom is -0.313 e. The van der Waals surface area contributed by atoms with Gasteiger partial charge in [-0.05, 0) is 36.9 Å². The van der Waals surface area contributed by atoms with Gasteiger partial charge in [-0.2, -0.15) is 0 Å². The Labute approximate surface area is 99.3 Å². The highest BCUT2D eigenvalue weighted by Gasteiger charge is 2.30. The van der Waals surface area contributed by atoms with Crippen molar-refractivity contribution in [2.45, 2.75) is 45.1 Å². The fraction of sp³-hybridized carbons (Fsp3) is 0.600.